The van der Waals surface area contributed by atoms with Crippen molar-refractivity contribution in [3.63, 3.8) is 0 Å². The summed E-state index contributed by atoms with van der Waals surface area (Å²) in [6.07, 6.45) is 1.36. The number of hydrogen-bond acceptors (Lipinski definition) is 6. The molecule has 0 aliphatic heterocycles. The molecular weight excluding hydrogens is 302 g/mol. The summed E-state index contributed by atoms with van der Waals surface area (Å²) < 4.78 is 4.92. The molecule has 0 saturated carbocycles. The molecule has 0 aliphatic carbocycles. The molecule has 1 amide bonds. The van der Waals surface area contributed by atoms with Crippen LogP contribution in [0, 0.1) is 10.1 Å². The van der Waals surface area contributed by atoms with E-state index in [9.17, 15) is 20.0 Å². The van der Waals surface area contributed by atoms with Crippen molar-refractivity contribution in [2.45, 2.75) is 0 Å². The van der Waals surface area contributed by atoms with Crippen LogP contribution in [-0.4, -0.2) is 29.3 Å². The monoisotopic (exact) mass is 315 g/mol. The first-order valence-corrected chi connectivity index (χ1v) is 6.46. The molecule has 0 heterocycles. The first-order chi connectivity index (χ1) is 11.0. The van der Waals surface area contributed by atoms with E-state index >= 15 is 0 Å². The molecule has 2 aromatic carbocycles. The van der Waals surface area contributed by atoms with Gasteiger partial charge in [0.1, 0.15) is 0 Å². The highest BCUT2D eigenvalue weighted by atomic mass is 16.6. The number of nitro groups is 1. The Labute approximate surface area is 131 Å². The molecule has 0 aromatic heterocycles. The number of amides is 1. The van der Waals surface area contributed by atoms with Crippen LogP contribution in [0.4, 0.5) is 5.69 Å². The average Bonchev–Trinajstić information content (AvgIpc) is 2.55. The second kappa shape index (κ2) is 7.03. The van der Waals surface area contributed by atoms with Crippen molar-refractivity contribution in [1.29, 1.82) is 0 Å². The summed E-state index contributed by atoms with van der Waals surface area (Å²) >= 11 is 0. The van der Waals surface area contributed by atoms with Crippen LogP contribution in [0.15, 0.2) is 47.6 Å². The molecule has 0 atom stereocenters. The zero-order valence-electron chi connectivity index (χ0n) is 12.1. The van der Waals surface area contributed by atoms with Crippen molar-refractivity contribution in [3.05, 3.63) is 63.7 Å². The van der Waals surface area contributed by atoms with E-state index in [1.807, 2.05) is 0 Å². The first kappa shape index (κ1) is 16.0. The van der Waals surface area contributed by atoms with Gasteiger partial charge in [-0.1, -0.05) is 0 Å². The molecular formula is C15H13N3O5. The summed E-state index contributed by atoms with van der Waals surface area (Å²) in [7, 11) is 1.38. The quantitative estimate of drug-likeness (QED) is 0.498. The minimum Gasteiger partial charge on any atom is -0.504 e. The van der Waals surface area contributed by atoms with Crippen LogP contribution in [-0.2, 0) is 0 Å². The van der Waals surface area contributed by atoms with Crippen molar-refractivity contribution in [1.82, 2.24) is 5.43 Å². The highest BCUT2D eigenvalue weighted by molar-refractivity contribution is 5.95. The Hall–Kier alpha value is -3.42. The Morgan fingerprint density at radius 2 is 2.00 bits per heavy atom. The largest absolute Gasteiger partial charge is 0.504 e. The Kier molecular flexibility index (Phi) is 4.88. The summed E-state index contributed by atoms with van der Waals surface area (Å²) in [6, 6.07) is 9.85. The standard InChI is InChI=1S/C15H13N3O5/c1-23-14-8-11(4-7-13(14)19)15(20)17-16-9-10-2-5-12(6-3-10)18(21)22/h2-9,19H,1H3,(H,17,20)/b16-9+. The maximum atomic E-state index is 11.9. The van der Waals surface area contributed by atoms with Gasteiger partial charge >= 0.3 is 0 Å². The molecule has 0 unspecified atom stereocenters. The molecule has 23 heavy (non-hydrogen) atoms. The van der Waals surface area contributed by atoms with Gasteiger partial charge in [-0.05, 0) is 35.9 Å². The fourth-order valence-corrected chi connectivity index (χ4v) is 1.73. The maximum Gasteiger partial charge on any atom is 0.271 e. The Bertz CT molecular complexity index is 756. The van der Waals surface area contributed by atoms with E-state index in [-0.39, 0.29) is 22.7 Å². The summed E-state index contributed by atoms with van der Waals surface area (Å²) in [5.74, 6) is -0.378. The van der Waals surface area contributed by atoms with Crippen LogP contribution in [0.1, 0.15) is 15.9 Å². The second-order valence-electron chi connectivity index (χ2n) is 4.43. The zero-order chi connectivity index (χ0) is 16.8. The summed E-state index contributed by atoms with van der Waals surface area (Å²) in [5, 5.41) is 23.8. The topological polar surface area (TPSA) is 114 Å². The van der Waals surface area contributed by atoms with Crippen molar-refractivity contribution < 1.29 is 19.6 Å². The summed E-state index contributed by atoms with van der Waals surface area (Å²) in [6.45, 7) is 0. The smallest absolute Gasteiger partial charge is 0.271 e. The number of methoxy groups -OCH3 is 1. The van der Waals surface area contributed by atoms with E-state index in [0.29, 0.717) is 5.56 Å². The van der Waals surface area contributed by atoms with Gasteiger partial charge in [0.05, 0.1) is 18.2 Å². The van der Waals surface area contributed by atoms with Gasteiger partial charge in [0.2, 0.25) is 0 Å². The number of hydrogen-bond donors (Lipinski definition) is 2. The van der Waals surface area contributed by atoms with E-state index < -0.39 is 10.8 Å². The lowest BCUT2D eigenvalue weighted by Gasteiger charge is -2.05. The van der Waals surface area contributed by atoms with Crippen LogP contribution in [0.25, 0.3) is 0 Å². The van der Waals surface area contributed by atoms with Crippen LogP contribution < -0.4 is 10.2 Å². The minimum absolute atomic E-state index is 0.0256. The lowest BCUT2D eigenvalue weighted by molar-refractivity contribution is -0.384. The zero-order valence-corrected chi connectivity index (χ0v) is 12.1. The first-order valence-electron chi connectivity index (χ1n) is 6.46. The van der Waals surface area contributed by atoms with Crippen LogP contribution in [0.3, 0.4) is 0 Å². The van der Waals surface area contributed by atoms with Gasteiger partial charge in [-0.2, -0.15) is 5.10 Å². The molecule has 2 N–H and O–H groups in total. The number of nitrogens with zero attached hydrogens (tertiary/aromatic N) is 2. The second-order valence-corrected chi connectivity index (χ2v) is 4.43. The molecule has 8 nitrogen and oxygen atoms in total. The number of nitrogens with one attached hydrogen (secondary N) is 1. The third-order valence-corrected chi connectivity index (χ3v) is 2.93. The third kappa shape index (κ3) is 4.03. The predicted octanol–water partition coefficient (Wildman–Crippen LogP) is 2.07. The van der Waals surface area contributed by atoms with Gasteiger partial charge in [0.25, 0.3) is 11.6 Å². The number of carbonyl (C=O) groups is 1. The molecule has 0 saturated heterocycles. The Morgan fingerprint density at radius 1 is 1.30 bits per heavy atom. The van der Waals surface area contributed by atoms with Gasteiger partial charge in [0, 0.05) is 17.7 Å². The average molecular weight is 315 g/mol. The number of phenols is 1. The lowest BCUT2D eigenvalue weighted by atomic mass is 10.2. The van der Waals surface area contributed by atoms with Crippen LogP contribution in [0.2, 0.25) is 0 Å². The predicted molar refractivity (Wildman–Crippen MR) is 82.8 cm³/mol. The number of carbonyl (C=O) groups excluding carboxylic acids is 1. The number of phenolic OH excluding ortho intramolecular Hbond substituents is 1. The van der Waals surface area contributed by atoms with E-state index in [4.69, 9.17) is 4.74 Å². The molecule has 0 fully saturated rings. The van der Waals surface area contributed by atoms with Crippen LogP contribution in [0.5, 0.6) is 11.5 Å². The van der Waals surface area contributed by atoms with Crippen molar-refractivity contribution >= 4 is 17.8 Å². The molecule has 2 aromatic rings. The number of non-ortho nitro benzene ring substituents is 1. The van der Waals surface area contributed by atoms with Crippen molar-refractivity contribution in [3.8, 4) is 11.5 Å². The van der Waals surface area contributed by atoms with E-state index in [2.05, 4.69) is 10.5 Å². The Morgan fingerprint density at radius 3 is 2.61 bits per heavy atom. The SMILES string of the molecule is COc1cc(C(=O)N/N=C/c2ccc([N+](=O)[O-])cc2)ccc1O. The van der Waals surface area contributed by atoms with Crippen LogP contribution >= 0.6 is 0 Å². The summed E-state index contributed by atoms with van der Waals surface area (Å²) in [5.41, 5.74) is 3.15. The number of nitro benzene ring substituents is 1. The van der Waals surface area contributed by atoms with Crippen molar-refractivity contribution in [2.24, 2.45) is 5.10 Å². The fourth-order valence-electron chi connectivity index (χ4n) is 1.73. The molecule has 2 rings (SSSR count). The van der Waals surface area contributed by atoms with Gasteiger partial charge in [0.15, 0.2) is 11.5 Å². The number of ether oxygens (including phenoxy) is 1. The van der Waals surface area contributed by atoms with Gasteiger partial charge in [-0.3, -0.25) is 14.9 Å². The molecule has 0 spiro atoms. The third-order valence-electron chi connectivity index (χ3n) is 2.93. The van der Waals surface area contributed by atoms with Gasteiger partial charge in [-0.25, -0.2) is 5.43 Å². The number of rotatable bonds is 5. The van der Waals surface area contributed by atoms with E-state index in [1.54, 1.807) is 0 Å². The normalized spacial score (nSPS) is 10.5. The van der Waals surface area contributed by atoms with Gasteiger partial charge < -0.3 is 9.84 Å². The minimum atomic E-state index is -0.499. The molecule has 118 valence electrons. The number of hydrazone groups is 1. The van der Waals surface area contributed by atoms with Gasteiger partial charge in [-0.15, -0.1) is 0 Å². The highest BCUT2D eigenvalue weighted by Crippen LogP contribution is 2.26. The number of benzene rings is 2. The molecule has 0 aliphatic rings. The Balaban J connectivity index is 2.02. The molecule has 8 heteroatoms. The molecule has 0 radical (unpaired) electrons. The molecule has 0 bridgehead atoms. The maximum absolute atomic E-state index is 11.9. The summed E-state index contributed by atoms with van der Waals surface area (Å²) in [4.78, 5) is 21.9. The van der Waals surface area contributed by atoms with Crippen molar-refractivity contribution in [2.75, 3.05) is 7.11 Å². The van der Waals surface area contributed by atoms with E-state index in [1.165, 1.54) is 55.8 Å². The highest BCUT2D eigenvalue weighted by Gasteiger charge is 2.09. The lowest BCUT2D eigenvalue weighted by Crippen LogP contribution is -2.17. The van der Waals surface area contributed by atoms with E-state index in [0.717, 1.165) is 0 Å². The number of aromatic hydroxyl groups is 1. The fraction of sp³-hybridized carbons (Fsp3) is 0.0667.